The molecule has 0 aliphatic carbocycles. The fourth-order valence-corrected chi connectivity index (χ4v) is 2.49. The molecule has 0 amide bonds. The molecule has 2 bridgehead atoms. The van der Waals surface area contributed by atoms with Gasteiger partial charge in [-0.1, -0.05) is 0 Å². The van der Waals surface area contributed by atoms with Crippen molar-refractivity contribution in [2.45, 2.75) is 18.5 Å². The number of rotatable bonds is 1. The summed E-state index contributed by atoms with van der Waals surface area (Å²) in [5, 5.41) is 3.49. The van der Waals surface area contributed by atoms with Crippen LogP contribution in [0.25, 0.3) is 0 Å². The first-order chi connectivity index (χ1) is 6.81. The molecule has 2 unspecified atom stereocenters. The molecule has 3 aliphatic rings. The summed E-state index contributed by atoms with van der Waals surface area (Å²) in [5.74, 6) is 0.982. The highest BCUT2D eigenvalue weighted by atomic mass is 79.9. The summed E-state index contributed by atoms with van der Waals surface area (Å²) in [4.78, 5) is 10.8. The predicted molar refractivity (Wildman–Crippen MR) is 57.3 cm³/mol. The SMILES string of the molecule is Brc1cncc(N2CC3CC(C2)N3)n1. The second-order valence-electron chi connectivity index (χ2n) is 3.90. The highest BCUT2D eigenvalue weighted by Gasteiger charge is 2.36. The van der Waals surface area contributed by atoms with Gasteiger partial charge in [0.15, 0.2) is 0 Å². The van der Waals surface area contributed by atoms with Crippen molar-refractivity contribution in [3.8, 4) is 0 Å². The van der Waals surface area contributed by atoms with Crippen molar-refractivity contribution in [3.63, 3.8) is 0 Å². The van der Waals surface area contributed by atoms with Gasteiger partial charge in [0.25, 0.3) is 0 Å². The molecule has 4 nitrogen and oxygen atoms in total. The summed E-state index contributed by atoms with van der Waals surface area (Å²) >= 11 is 3.34. The van der Waals surface area contributed by atoms with Crippen LogP contribution in [0.4, 0.5) is 5.82 Å². The summed E-state index contributed by atoms with van der Waals surface area (Å²) < 4.78 is 0.808. The number of nitrogens with zero attached hydrogens (tertiary/aromatic N) is 3. The van der Waals surface area contributed by atoms with E-state index in [1.165, 1.54) is 6.42 Å². The monoisotopic (exact) mass is 254 g/mol. The molecule has 3 aliphatic heterocycles. The average molecular weight is 255 g/mol. The number of anilines is 1. The van der Waals surface area contributed by atoms with E-state index in [0.717, 1.165) is 23.5 Å². The lowest BCUT2D eigenvalue weighted by molar-refractivity contribution is 0.225. The fraction of sp³-hybridized carbons (Fsp3) is 0.556. The highest BCUT2D eigenvalue weighted by molar-refractivity contribution is 9.10. The Bertz CT molecular complexity index is 340. The van der Waals surface area contributed by atoms with Crippen LogP contribution in [0.1, 0.15) is 6.42 Å². The fourth-order valence-electron chi connectivity index (χ4n) is 2.19. The van der Waals surface area contributed by atoms with Gasteiger partial charge in [0.05, 0.1) is 12.4 Å². The molecule has 4 heterocycles. The molecular weight excluding hydrogens is 244 g/mol. The normalized spacial score (nSPS) is 29.9. The van der Waals surface area contributed by atoms with Gasteiger partial charge in [-0.3, -0.25) is 4.98 Å². The quantitative estimate of drug-likeness (QED) is 0.805. The maximum atomic E-state index is 4.40. The van der Waals surface area contributed by atoms with Crippen molar-refractivity contribution in [1.82, 2.24) is 15.3 Å². The molecule has 3 saturated heterocycles. The van der Waals surface area contributed by atoms with Gasteiger partial charge in [0.1, 0.15) is 10.4 Å². The van der Waals surface area contributed by atoms with Gasteiger partial charge in [-0.15, -0.1) is 0 Å². The molecule has 1 N–H and O–H groups in total. The van der Waals surface area contributed by atoms with Crippen molar-refractivity contribution in [1.29, 1.82) is 0 Å². The molecule has 0 aromatic carbocycles. The van der Waals surface area contributed by atoms with Crippen molar-refractivity contribution in [3.05, 3.63) is 17.0 Å². The van der Waals surface area contributed by atoms with Crippen molar-refractivity contribution in [2.75, 3.05) is 18.0 Å². The van der Waals surface area contributed by atoms with Crippen LogP contribution in [0.2, 0.25) is 0 Å². The summed E-state index contributed by atoms with van der Waals surface area (Å²) in [6.07, 6.45) is 4.86. The Morgan fingerprint density at radius 3 is 2.71 bits per heavy atom. The second-order valence-corrected chi connectivity index (χ2v) is 4.71. The largest absolute Gasteiger partial charge is 0.352 e. The molecule has 3 fully saturated rings. The lowest BCUT2D eigenvalue weighted by Gasteiger charge is -2.48. The van der Waals surface area contributed by atoms with Crippen LogP contribution in [0.3, 0.4) is 0 Å². The molecule has 1 aromatic rings. The molecule has 0 spiro atoms. The number of hydrogen-bond donors (Lipinski definition) is 1. The van der Waals surface area contributed by atoms with Crippen LogP contribution >= 0.6 is 15.9 Å². The van der Waals surface area contributed by atoms with E-state index in [-0.39, 0.29) is 0 Å². The first kappa shape index (κ1) is 8.61. The van der Waals surface area contributed by atoms with E-state index >= 15 is 0 Å². The van der Waals surface area contributed by atoms with Crippen molar-refractivity contribution >= 4 is 21.7 Å². The summed E-state index contributed by atoms with van der Waals surface area (Å²) in [7, 11) is 0. The minimum Gasteiger partial charge on any atom is -0.352 e. The third-order valence-corrected chi connectivity index (χ3v) is 3.22. The van der Waals surface area contributed by atoms with Crippen LogP contribution in [0.15, 0.2) is 17.0 Å². The number of aromatic nitrogens is 2. The van der Waals surface area contributed by atoms with Gasteiger partial charge in [0, 0.05) is 25.2 Å². The van der Waals surface area contributed by atoms with Crippen molar-refractivity contribution in [2.24, 2.45) is 0 Å². The molecule has 0 radical (unpaired) electrons. The van der Waals surface area contributed by atoms with Gasteiger partial charge in [-0.2, -0.15) is 0 Å². The lowest BCUT2D eigenvalue weighted by atomic mass is 9.91. The number of fused-ring (bicyclic) bond motifs is 2. The Morgan fingerprint density at radius 2 is 2.07 bits per heavy atom. The first-order valence-electron chi connectivity index (χ1n) is 4.80. The number of piperidine rings is 1. The topological polar surface area (TPSA) is 41.1 Å². The molecule has 5 heteroatoms. The minimum absolute atomic E-state index is 0.662. The Balaban J connectivity index is 1.82. The van der Waals surface area contributed by atoms with E-state index in [9.17, 15) is 0 Å². The molecule has 2 atom stereocenters. The molecule has 74 valence electrons. The van der Waals surface area contributed by atoms with Crippen LogP contribution in [-0.4, -0.2) is 35.1 Å². The highest BCUT2D eigenvalue weighted by Crippen LogP contribution is 2.24. The lowest BCUT2D eigenvalue weighted by Crippen LogP contribution is -2.67. The van der Waals surface area contributed by atoms with Crippen LogP contribution < -0.4 is 10.2 Å². The van der Waals surface area contributed by atoms with E-state index in [1.807, 2.05) is 6.20 Å². The molecule has 4 rings (SSSR count). The average Bonchev–Trinajstić information content (AvgIpc) is 2.17. The van der Waals surface area contributed by atoms with Gasteiger partial charge in [-0.25, -0.2) is 4.98 Å². The smallest absolute Gasteiger partial charge is 0.148 e. The molecule has 1 aromatic heterocycles. The number of halogens is 1. The van der Waals surface area contributed by atoms with Crippen LogP contribution in [0, 0.1) is 0 Å². The number of piperazine rings is 1. The Hall–Kier alpha value is -0.680. The summed E-state index contributed by atoms with van der Waals surface area (Å²) in [6, 6.07) is 1.32. The third-order valence-electron chi connectivity index (χ3n) is 2.84. The third kappa shape index (κ3) is 1.40. The van der Waals surface area contributed by atoms with E-state index in [0.29, 0.717) is 12.1 Å². The Labute approximate surface area is 90.9 Å². The number of nitrogens with one attached hydrogen (secondary N) is 1. The van der Waals surface area contributed by atoms with Gasteiger partial charge in [0.2, 0.25) is 0 Å². The van der Waals surface area contributed by atoms with Gasteiger partial charge < -0.3 is 10.2 Å². The van der Waals surface area contributed by atoms with Gasteiger partial charge in [-0.05, 0) is 22.4 Å². The maximum absolute atomic E-state index is 4.40. The number of hydrogen-bond acceptors (Lipinski definition) is 4. The zero-order chi connectivity index (χ0) is 9.54. The second kappa shape index (κ2) is 3.17. The van der Waals surface area contributed by atoms with Crippen LogP contribution in [0.5, 0.6) is 0 Å². The van der Waals surface area contributed by atoms with E-state index in [1.54, 1.807) is 6.20 Å². The Kier molecular flexibility index (Phi) is 1.95. The molecule has 0 saturated carbocycles. The van der Waals surface area contributed by atoms with E-state index < -0.39 is 0 Å². The molecule has 14 heavy (non-hydrogen) atoms. The summed E-state index contributed by atoms with van der Waals surface area (Å²) in [5.41, 5.74) is 0. The predicted octanol–water partition coefficient (Wildman–Crippen LogP) is 0.790. The zero-order valence-corrected chi connectivity index (χ0v) is 9.24. The van der Waals surface area contributed by atoms with Crippen LogP contribution in [-0.2, 0) is 0 Å². The summed E-state index contributed by atoms with van der Waals surface area (Å²) in [6.45, 7) is 2.11. The van der Waals surface area contributed by atoms with E-state index in [4.69, 9.17) is 0 Å². The first-order valence-corrected chi connectivity index (χ1v) is 5.59. The van der Waals surface area contributed by atoms with Crippen molar-refractivity contribution < 1.29 is 0 Å². The zero-order valence-electron chi connectivity index (χ0n) is 7.65. The standard InChI is InChI=1S/C9H11BrN4/c10-8-2-11-3-9(13-8)14-4-6-1-7(5-14)12-6/h2-3,6-7,12H,1,4-5H2. The molecular formula is C9H11BrN4. The van der Waals surface area contributed by atoms with E-state index in [2.05, 4.69) is 36.1 Å². The maximum Gasteiger partial charge on any atom is 0.148 e. The minimum atomic E-state index is 0.662. The van der Waals surface area contributed by atoms with Gasteiger partial charge >= 0.3 is 0 Å². The Morgan fingerprint density at radius 1 is 1.36 bits per heavy atom.